The zero-order valence-electron chi connectivity index (χ0n) is 12.5. The fraction of sp³-hybridized carbons (Fsp3) is 0.923. The van der Waals surface area contributed by atoms with E-state index >= 15 is 0 Å². The molecule has 17 heavy (non-hydrogen) atoms. The van der Waals surface area contributed by atoms with Crippen LogP contribution in [0.4, 0.5) is 4.79 Å². The summed E-state index contributed by atoms with van der Waals surface area (Å²) in [6, 6.07) is 0.0161. The van der Waals surface area contributed by atoms with Crippen LogP contribution < -0.4 is 10.6 Å². The van der Waals surface area contributed by atoms with Gasteiger partial charge in [0.25, 0.3) is 0 Å². The lowest BCUT2D eigenvalue weighted by atomic mass is 9.86. The van der Waals surface area contributed by atoms with Crippen molar-refractivity contribution in [1.82, 2.24) is 10.6 Å². The van der Waals surface area contributed by atoms with Gasteiger partial charge in [0.1, 0.15) is 5.60 Å². The van der Waals surface area contributed by atoms with Crippen LogP contribution in [-0.4, -0.2) is 30.3 Å². The first-order valence-corrected chi connectivity index (χ1v) is 6.18. The molecule has 0 aliphatic rings. The third kappa shape index (κ3) is 5.91. The van der Waals surface area contributed by atoms with E-state index in [9.17, 15) is 4.79 Å². The number of ether oxygens (including phenoxy) is 1. The molecular formula is C13H28N2O2. The normalized spacial score (nSPS) is 14.6. The number of carbonyl (C=O) groups is 1. The van der Waals surface area contributed by atoms with Crippen LogP contribution in [-0.2, 0) is 4.74 Å². The van der Waals surface area contributed by atoms with Gasteiger partial charge in [0, 0.05) is 5.54 Å². The monoisotopic (exact) mass is 244 g/mol. The molecule has 4 nitrogen and oxygen atoms in total. The highest BCUT2D eigenvalue weighted by atomic mass is 16.6. The highest BCUT2D eigenvalue weighted by Crippen LogP contribution is 2.17. The van der Waals surface area contributed by atoms with Gasteiger partial charge in [-0.1, -0.05) is 13.8 Å². The van der Waals surface area contributed by atoms with Gasteiger partial charge in [0.05, 0.1) is 6.04 Å². The van der Waals surface area contributed by atoms with Crippen LogP contribution in [0.2, 0.25) is 0 Å². The van der Waals surface area contributed by atoms with Crippen molar-refractivity contribution >= 4 is 6.09 Å². The maximum Gasteiger partial charge on any atom is 0.407 e. The van der Waals surface area contributed by atoms with Gasteiger partial charge in [-0.3, -0.25) is 0 Å². The van der Waals surface area contributed by atoms with Gasteiger partial charge in [-0.15, -0.1) is 0 Å². The molecule has 0 heterocycles. The molecule has 0 saturated heterocycles. The van der Waals surface area contributed by atoms with E-state index in [0.717, 1.165) is 0 Å². The van der Waals surface area contributed by atoms with Crippen molar-refractivity contribution in [3.8, 4) is 0 Å². The molecule has 0 bridgehead atoms. The van der Waals surface area contributed by atoms with Gasteiger partial charge >= 0.3 is 6.09 Å². The Hall–Kier alpha value is -0.770. The van der Waals surface area contributed by atoms with Crippen molar-refractivity contribution in [1.29, 1.82) is 0 Å². The highest BCUT2D eigenvalue weighted by molar-refractivity contribution is 5.68. The maximum atomic E-state index is 11.8. The summed E-state index contributed by atoms with van der Waals surface area (Å²) in [7, 11) is 1.89. The molecule has 2 N–H and O–H groups in total. The van der Waals surface area contributed by atoms with Gasteiger partial charge in [-0.25, -0.2) is 4.79 Å². The van der Waals surface area contributed by atoms with Gasteiger partial charge in [0.2, 0.25) is 0 Å². The molecule has 1 amide bonds. The van der Waals surface area contributed by atoms with E-state index in [2.05, 4.69) is 38.3 Å². The van der Waals surface area contributed by atoms with Gasteiger partial charge in [0.15, 0.2) is 0 Å². The number of carbonyl (C=O) groups excluding carboxylic acids is 1. The molecule has 102 valence electrons. The molecule has 0 aliphatic carbocycles. The summed E-state index contributed by atoms with van der Waals surface area (Å²) >= 11 is 0. The van der Waals surface area contributed by atoms with Gasteiger partial charge < -0.3 is 15.4 Å². The average molecular weight is 244 g/mol. The molecule has 0 rings (SSSR count). The van der Waals surface area contributed by atoms with Crippen LogP contribution in [0.15, 0.2) is 0 Å². The summed E-state index contributed by atoms with van der Waals surface area (Å²) in [5.41, 5.74) is -0.638. The van der Waals surface area contributed by atoms with Crippen molar-refractivity contribution in [3.63, 3.8) is 0 Å². The second kappa shape index (κ2) is 5.71. The summed E-state index contributed by atoms with van der Waals surface area (Å²) < 4.78 is 5.28. The number of hydrogen-bond donors (Lipinski definition) is 2. The second-order valence-corrected chi connectivity index (χ2v) is 6.34. The number of nitrogens with one attached hydrogen (secondary N) is 2. The number of likely N-dealkylation sites (N-methyl/N-ethyl adjacent to an activating group) is 1. The molecule has 0 aliphatic heterocycles. The largest absolute Gasteiger partial charge is 0.444 e. The smallest absolute Gasteiger partial charge is 0.407 e. The minimum Gasteiger partial charge on any atom is -0.444 e. The quantitative estimate of drug-likeness (QED) is 0.799. The van der Waals surface area contributed by atoms with E-state index < -0.39 is 5.60 Å². The number of amides is 1. The van der Waals surface area contributed by atoms with E-state index in [1.165, 1.54) is 0 Å². The van der Waals surface area contributed by atoms with Crippen molar-refractivity contribution < 1.29 is 9.53 Å². The van der Waals surface area contributed by atoms with Crippen LogP contribution in [0.3, 0.4) is 0 Å². The third-order valence-electron chi connectivity index (χ3n) is 2.76. The standard InChI is InChI=1S/C13H28N2O2/c1-9(2)10(13(6,7)14-8)15-11(16)17-12(3,4)5/h9-10,14H,1-8H3,(H,15,16). The van der Waals surface area contributed by atoms with Crippen LogP contribution in [0, 0.1) is 5.92 Å². The van der Waals surface area contributed by atoms with Crippen molar-refractivity contribution in [2.45, 2.75) is 65.6 Å². The summed E-state index contributed by atoms with van der Waals surface area (Å²) in [5.74, 6) is 0.324. The predicted molar refractivity (Wildman–Crippen MR) is 71.1 cm³/mol. The lowest BCUT2D eigenvalue weighted by molar-refractivity contribution is 0.0452. The SMILES string of the molecule is CNC(C)(C)C(NC(=O)OC(C)(C)C)C(C)C. The Balaban J connectivity index is 4.63. The fourth-order valence-corrected chi connectivity index (χ4v) is 1.77. The van der Waals surface area contributed by atoms with E-state index in [-0.39, 0.29) is 17.7 Å². The molecule has 0 radical (unpaired) electrons. The Morgan fingerprint density at radius 1 is 1.12 bits per heavy atom. The zero-order chi connectivity index (χ0) is 13.9. The summed E-state index contributed by atoms with van der Waals surface area (Å²) in [5, 5.41) is 6.16. The molecule has 0 fully saturated rings. The molecule has 0 spiro atoms. The first-order valence-electron chi connectivity index (χ1n) is 6.18. The first-order chi connectivity index (χ1) is 7.49. The van der Waals surface area contributed by atoms with E-state index in [1.54, 1.807) is 0 Å². The summed E-state index contributed by atoms with van der Waals surface area (Å²) in [6.45, 7) is 13.9. The summed E-state index contributed by atoms with van der Waals surface area (Å²) in [4.78, 5) is 11.8. The van der Waals surface area contributed by atoms with E-state index in [1.807, 2.05) is 27.8 Å². The van der Waals surface area contributed by atoms with E-state index in [4.69, 9.17) is 4.74 Å². The minimum absolute atomic E-state index is 0.0161. The van der Waals surface area contributed by atoms with Crippen LogP contribution in [0.5, 0.6) is 0 Å². The Labute approximate surface area is 105 Å². The minimum atomic E-state index is -0.463. The number of hydrogen-bond acceptors (Lipinski definition) is 3. The van der Waals surface area contributed by atoms with Gasteiger partial charge in [-0.05, 0) is 47.6 Å². The molecule has 1 atom stereocenters. The molecule has 0 saturated carbocycles. The molecule has 0 aromatic carbocycles. The molecule has 0 aromatic heterocycles. The highest BCUT2D eigenvalue weighted by Gasteiger charge is 2.32. The maximum absolute atomic E-state index is 11.8. The van der Waals surface area contributed by atoms with Crippen LogP contribution >= 0.6 is 0 Å². The Bertz CT molecular complexity index is 255. The topological polar surface area (TPSA) is 50.4 Å². The van der Waals surface area contributed by atoms with Crippen molar-refractivity contribution in [2.75, 3.05) is 7.05 Å². The summed E-state index contributed by atoms with van der Waals surface area (Å²) in [6.07, 6.45) is -0.362. The molecule has 4 heteroatoms. The first kappa shape index (κ1) is 16.2. The molecular weight excluding hydrogens is 216 g/mol. The van der Waals surface area contributed by atoms with Crippen LogP contribution in [0.1, 0.15) is 48.5 Å². The molecule has 0 aromatic rings. The lowest BCUT2D eigenvalue weighted by Gasteiger charge is -2.37. The van der Waals surface area contributed by atoms with Crippen LogP contribution in [0.25, 0.3) is 0 Å². The Morgan fingerprint density at radius 3 is 1.88 bits per heavy atom. The van der Waals surface area contributed by atoms with Crippen molar-refractivity contribution in [2.24, 2.45) is 5.92 Å². The number of alkyl carbamates (subject to hydrolysis) is 1. The number of rotatable bonds is 4. The lowest BCUT2D eigenvalue weighted by Crippen LogP contribution is -2.59. The third-order valence-corrected chi connectivity index (χ3v) is 2.76. The van der Waals surface area contributed by atoms with Crippen molar-refractivity contribution in [3.05, 3.63) is 0 Å². The second-order valence-electron chi connectivity index (χ2n) is 6.34. The van der Waals surface area contributed by atoms with Gasteiger partial charge in [-0.2, -0.15) is 0 Å². The Morgan fingerprint density at radius 2 is 1.59 bits per heavy atom. The predicted octanol–water partition coefficient (Wildman–Crippen LogP) is 2.53. The fourth-order valence-electron chi connectivity index (χ4n) is 1.77. The zero-order valence-corrected chi connectivity index (χ0v) is 12.5. The Kier molecular flexibility index (Phi) is 5.46. The average Bonchev–Trinajstić information content (AvgIpc) is 2.10. The molecule has 1 unspecified atom stereocenters. The van der Waals surface area contributed by atoms with E-state index in [0.29, 0.717) is 5.92 Å².